The van der Waals surface area contributed by atoms with Crippen LogP contribution in [0.1, 0.15) is 17.3 Å². The standard InChI is InChI=1S/C12H13ClN2O2/c1-8(6-14)7-15(2)11-9(12(16)17)4-3-5-10(11)13/h3-5,8H,7H2,1-2H3,(H,16,17). The van der Waals surface area contributed by atoms with Crippen molar-refractivity contribution in [2.24, 2.45) is 5.92 Å². The lowest BCUT2D eigenvalue weighted by Crippen LogP contribution is -2.25. The molecule has 0 aliphatic heterocycles. The Morgan fingerprint density at radius 2 is 2.29 bits per heavy atom. The fraction of sp³-hybridized carbons (Fsp3) is 0.333. The van der Waals surface area contributed by atoms with E-state index >= 15 is 0 Å². The minimum Gasteiger partial charge on any atom is -0.478 e. The van der Waals surface area contributed by atoms with Crippen LogP contribution in [0.4, 0.5) is 5.69 Å². The number of benzene rings is 1. The first kappa shape index (κ1) is 13.3. The van der Waals surface area contributed by atoms with Gasteiger partial charge in [0.25, 0.3) is 0 Å². The Kier molecular flexibility index (Phi) is 4.36. The van der Waals surface area contributed by atoms with E-state index in [2.05, 4.69) is 6.07 Å². The summed E-state index contributed by atoms with van der Waals surface area (Å²) in [5.74, 6) is -1.23. The van der Waals surface area contributed by atoms with Crippen molar-refractivity contribution in [1.29, 1.82) is 5.26 Å². The number of carboxylic acids is 1. The summed E-state index contributed by atoms with van der Waals surface area (Å²) in [6, 6.07) is 6.83. The number of para-hydroxylation sites is 1. The Bertz CT molecular complexity index is 468. The molecule has 0 amide bonds. The quantitative estimate of drug-likeness (QED) is 0.895. The topological polar surface area (TPSA) is 64.3 Å². The Morgan fingerprint density at radius 1 is 1.65 bits per heavy atom. The molecule has 1 aromatic rings. The lowest BCUT2D eigenvalue weighted by atomic mass is 10.1. The third-order valence-electron chi connectivity index (χ3n) is 2.37. The first-order valence-electron chi connectivity index (χ1n) is 5.10. The summed E-state index contributed by atoms with van der Waals surface area (Å²) in [6.45, 7) is 2.20. The van der Waals surface area contributed by atoms with Crippen LogP contribution in [-0.4, -0.2) is 24.7 Å². The number of carbonyl (C=O) groups is 1. The molecule has 0 radical (unpaired) electrons. The number of nitriles is 1. The van der Waals surface area contributed by atoms with Gasteiger partial charge in [0.2, 0.25) is 0 Å². The van der Waals surface area contributed by atoms with E-state index in [0.29, 0.717) is 17.3 Å². The minimum atomic E-state index is -1.03. The average Bonchev–Trinajstić information content (AvgIpc) is 2.28. The molecule has 0 aliphatic rings. The zero-order valence-corrected chi connectivity index (χ0v) is 10.4. The van der Waals surface area contributed by atoms with E-state index in [1.165, 1.54) is 6.07 Å². The van der Waals surface area contributed by atoms with Gasteiger partial charge in [-0.25, -0.2) is 4.79 Å². The molecular weight excluding hydrogens is 240 g/mol. The fourth-order valence-corrected chi connectivity index (χ4v) is 1.94. The highest BCUT2D eigenvalue weighted by Crippen LogP contribution is 2.29. The van der Waals surface area contributed by atoms with Crippen LogP contribution >= 0.6 is 11.6 Å². The number of hydrogen-bond donors (Lipinski definition) is 1. The molecule has 90 valence electrons. The van der Waals surface area contributed by atoms with Crippen LogP contribution in [0.5, 0.6) is 0 Å². The first-order valence-corrected chi connectivity index (χ1v) is 5.47. The molecule has 0 bridgehead atoms. The molecule has 17 heavy (non-hydrogen) atoms. The maximum atomic E-state index is 11.1. The summed E-state index contributed by atoms with van der Waals surface area (Å²) in [4.78, 5) is 12.8. The predicted molar refractivity (Wildman–Crippen MR) is 66.5 cm³/mol. The lowest BCUT2D eigenvalue weighted by molar-refractivity contribution is 0.0697. The molecule has 0 fully saturated rings. The van der Waals surface area contributed by atoms with Crippen LogP contribution in [0.15, 0.2) is 18.2 Å². The predicted octanol–water partition coefficient (Wildman–Crippen LogP) is 2.63. The highest BCUT2D eigenvalue weighted by molar-refractivity contribution is 6.34. The van der Waals surface area contributed by atoms with Crippen molar-refractivity contribution in [3.63, 3.8) is 0 Å². The van der Waals surface area contributed by atoms with Crippen molar-refractivity contribution in [3.8, 4) is 6.07 Å². The van der Waals surface area contributed by atoms with Gasteiger partial charge >= 0.3 is 5.97 Å². The smallest absolute Gasteiger partial charge is 0.337 e. The molecule has 0 heterocycles. The van der Waals surface area contributed by atoms with Gasteiger partial charge < -0.3 is 10.0 Å². The van der Waals surface area contributed by atoms with Crippen LogP contribution in [0.2, 0.25) is 5.02 Å². The summed E-state index contributed by atoms with van der Waals surface area (Å²) in [5, 5.41) is 18.2. The van der Waals surface area contributed by atoms with Gasteiger partial charge in [-0.1, -0.05) is 17.7 Å². The Labute approximate surface area is 105 Å². The number of halogens is 1. The molecule has 1 rings (SSSR count). The number of hydrogen-bond acceptors (Lipinski definition) is 3. The van der Waals surface area contributed by atoms with Crippen molar-refractivity contribution in [3.05, 3.63) is 28.8 Å². The molecule has 4 nitrogen and oxygen atoms in total. The lowest BCUT2D eigenvalue weighted by Gasteiger charge is -2.23. The second-order valence-corrected chi connectivity index (χ2v) is 4.26. The highest BCUT2D eigenvalue weighted by Gasteiger charge is 2.17. The second-order valence-electron chi connectivity index (χ2n) is 3.85. The maximum absolute atomic E-state index is 11.1. The number of carboxylic acid groups (broad SMARTS) is 1. The van der Waals surface area contributed by atoms with Crippen molar-refractivity contribution < 1.29 is 9.90 Å². The molecule has 0 spiro atoms. The van der Waals surface area contributed by atoms with Gasteiger partial charge in [0.15, 0.2) is 0 Å². The van der Waals surface area contributed by atoms with E-state index in [4.69, 9.17) is 22.0 Å². The van der Waals surface area contributed by atoms with E-state index < -0.39 is 5.97 Å². The zero-order chi connectivity index (χ0) is 13.0. The summed E-state index contributed by atoms with van der Waals surface area (Å²) in [7, 11) is 1.72. The van der Waals surface area contributed by atoms with Crippen molar-refractivity contribution in [2.45, 2.75) is 6.92 Å². The molecule has 0 saturated carbocycles. The average molecular weight is 253 g/mol. The first-order chi connectivity index (χ1) is 7.97. The van der Waals surface area contributed by atoms with Crippen molar-refractivity contribution in [2.75, 3.05) is 18.5 Å². The minimum absolute atomic E-state index is 0.144. The van der Waals surface area contributed by atoms with E-state index in [9.17, 15) is 4.79 Å². The summed E-state index contributed by atoms with van der Waals surface area (Å²) >= 11 is 6.01. The number of anilines is 1. The second kappa shape index (κ2) is 5.55. The third kappa shape index (κ3) is 3.11. The van der Waals surface area contributed by atoms with Gasteiger partial charge in [0, 0.05) is 13.6 Å². The molecular formula is C12H13ClN2O2. The Morgan fingerprint density at radius 3 is 2.82 bits per heavy atom. The Hall–Kier alpha value is -1.73. The van der Waals surface area contributed by atoms with Gasteiger partial charge in [-0.05, 0) is 19.1 Å². The normalized spacial score (nSPS) is 11.6. The van der Waals surface area contributed by atoms with Crippen LogP contribution in [0, 0.1) is 17.2 Å². The van der Waals surface area contributed by atoms with Crippen LogP contribution in [0.25, 0.3) is 0 Å². The van der Waals surface area contributed by atoms with Crippen molar-refractivity contribution in [1.82, 2.24) is 0 Å². The maximum Gasteiger partial charge on any atom is 0.337 e. The summed E-state index contributed by atoms with van der Waals surface area (Å²) in [6.07, 6.45) is 0. The van der Waals surface area contributed by atoms with E-state index in [0.717, 1.165) is 0 Å². The van der Waals surface area contributed by atoms with Gasteiger partial charge in [-0.2, -0.15) is 5.26 Å². The number of aromatic carboxylic acids is 1. The van der Waals surface area contributed by atoms with Crippen LogP contribution in [-0.2, 0) is 0 Å². The summed E-state index contributed by atoms with van der Waals surface area (Å²) in [5.41, 5.74) is 0.592. The summed E-state index contributed by atoms with van der Waals surface area (Å²) < 4.78 is 0. The zero-order valence-electron chi connectivity index (χ0n) is 9.64. The number of nitrogens with zero attached hydrogens (tertiary/aromatic N) is 2. The van der Waals surface area contributed by atoms with E-state index in [1.807, 2.05) is 0 Å². The molecule has 0 saturated heterocycles. The molecule has 1 aromatic carbocycles. The van der Waals surface area contributed by atoms with E-state index in [-0.39, 0.29) is 11.5 Å². The molecule has 0 aliphatic carbocycles. The van der Waals surface area contributed by atoms with Gasteiger partial charge in [-0.15, -0.1) is 0 Å². The molecule has 1 unspecified atom stereocenters. The van der Waals surface area contributed by atoms with Gasteiger partial charge in [0.05, 0.1) is 28.3 Å². The fourth-order valence-electron chi connectivity index (χ4n) is 1.62. The molecule has 1 N–H and O–H groups in total. The largest absolute Gasteiger partial charge is 0.478 e. The highest BCUT2D eigenvalue weighted by atomic mass is 35.5. The van der Waals surface area contributed by atoms with Gasteiger partial charge in [-0.3, -0.25) is 0 Å². The monoisotopic (exact) mass is 252 g/mol. The van der Waals surface area contributed by atoms with Crippen LogP contribution < -0.4 is 4.90 Å². The molecule has 0 aromatic heterocycles. The Balaban J connectivity index is 3.12. The molecule has 5 heteroatoms. The van der Waals surface area contributed by atoms with Gasteiger partial charge in [0.1, 0.15) is 0 Å². The number of rotatable bonds is 4. The third-order valence-corrected chi connectivity index (χ3v) is 2.67. The molecule has 1 atom stereocenters. The van der Waals surface area contributed by atoms with E-state index in [1.54, 1.807) is 31.0 Å². The van der Waals surface area contributed by atoms with Crippen molar-refractivity contribution >= 4 is 23.3 Å². The SMILES string of the molecule is CC(C#N)CN(C)c1c(Cl)cccc1C(=O)O. The van der Waals surface area contributed by atoms with Crippen LogP contribution in [0.3, 0.4) is 0 Å².